The number of rotatable bonds is 7. The molecule has 3 saturated heterocycles. The van der Waals surface area contributed by atoms with E-state index in [-0.39, 0.29) is 17.2 Å². The van der Waals surface area contributed by atoms with Gasteiger partial charge in [-0.15, -0.1) is 0 Å². The van der Waals surface area contributed by atoms with E-state index in [1.807, 2.05) is 0 Å². The summed E-state index contributed by atoms with van der Waals surface area (Å²) in [6, 6.07) is 6.77. The van der Waals surface area contributed by atoms with Crippen LogP contribution in [-0.2, 0) is 28.2 Å². The Balaban J connectivity index is 1.60. The fraction of sp³-hybridized carbons (Fsp3) is 0.733. The Morgan fingerprint density at radius 2 is 1.61 bits per heavy atom. The van der Waals surface area contributed by atoms with Gasteiger partial charge in [-0.1, -0.05) is 59.7 Å². The Morgan fingerprint density at radius 1 is 1.02 bits per heavy atom. The molecule has 230 valence electrons. The zero-order chi connectivity index (χ0) is 30.8. The van der Waals surface area contributed by atoms with Crippen molar-refractivity contribution in [2.24, 2.45) is 5.41 Å². The molecule has 0 spiro atoms. The molecule has 0 radical (unpaired) electrons. The van der Waals surface area contributed by atoms with E-state index >= 15 is 8.78 Å². The van der Waals surface area contributed by atoms with Gasteiger partial charge >= 0.3 is 5.97 Å². The smallest absolute Gasteiger partial charge is 0.331 e. The van der Waals surface area contributed by atoms with E-state index < -0.39 is 80.4 Å². The number of carbonyl (C=O) groups is 2. The molecule has 41 heavy (non-hydrogen) atoms. The molecule has 6 atom stereocenters. The lowest BCUT2D eigenvalue weighted by Crippen LogP contribution is -2.52. The third-order valence-electron chi connectivity index (χ3n) is 8.53. The molecule has 0 saturated carbocycles. The molecule has 0 N–H and O–H groups in total. The number of hydrogen-bond donors (Lipinski definition) is 0. The van der Waals surface area contributed by atoms with Gasteiger partial charge in [0.25, 0.3) is 11.8 Å². The Morgan fingerprint density at radius 3 is 2.17 bits per heavy atom. The Hall–Kier alpha value is -1.92. The maximum atomic E-state index is 16.3. The fourth-order valence-electron chi connectivity index (χ4n) is 5.31. The minimum atomic E-state index is -3.57. The van der Waals surface area contributed by atoms with Crippen LogP contribution in [0.5, 0.6) is 0 Å². The number of carbonyl (C=O) groups excluding carboxylic acids is 2. The second-order valence-corrected chi connectivity index (χ2v) is 19.3. The van der Waals surface area contributed by atoms with Crippen molar-refractivity contribution >= 4 is 20.2 Å². The van der Waals surface area contributed by atoms with E-state index in [1.54, 1.807) is 65.0 Å². The van der Waals surface area contributed by atoms with Gasteiger partial charge in [-0.25, -0.2) is 13.6 Å². The molecule has 0 aliphatic carbocycles. The summed E-state index contributed by atoms with van der Waals surface area (Å²) in [6.45, 7) is 19.3. The van der Waals surface area contributed by atoms with Gasteiger partial charge in [-0.2, -0.15) is 0 Å². The lowest BCUT2D eigenvalue weighted by molar-refractivity contribution is -0.226. The first-order valence-electron chi connectivity index (χ1n) is 14.3. The monoisotopic (exact) mass is 597 g/mol. The SMILES string of the molecule is CC1(C)O[C@@H]2[C@H](O1)[C@@H](CO[Si](C)(C)C(C)(C)C)O[C@@H]2C(F)(F)C[C@H]1C(=O)O[C@H](C(C)(C)C)N1C(=O)c1ccccc1. The molecule has 3 heterocycles. The van der Waals surface area contributed by atoms with Gasteiger partial charge in [-0.05, 0) is 44.1 Å². The number of esters is 1. The Bertz CT molecular complexity index is 1130. The highest BCUT2D eigenvalue weighted by Crippen LogP contribution is 2.47. The van der Waals surface area contributed by atoms with Gasteiger partial charge in [0.05, 0.1) is 6.61 Å². The summed E-state index contributed by atoms with van der Waals surface area (Å²) in [5.41, 5.74) is -0.430. The van der Waals surface area contributed by atoms with Crippen LogP contribution < -0.4 is 0 Å². The average molecular weight is 598 g/mol. The van der Waals surface area contributed by atoms with Crippen LogP contribution in [0.25, 0.3) is 0 Å². The van der Waals surface area contributed by atoms with E-state index in [4.69, 9.17) is 23.4 Å². The molecule has 1 aromatic carbocycles. The fourth-order valence-corrected chi connectivity index (χ4v) is 6.33. The first kappa shape index (κ1) is 32.0. The quantitative estimate of drug-likeness (QED) is 0.292. The minimum absolute atomic E-state index is 0.0815. The normalized spacial score (nSPS) is 30.4. The highest BCUT2D eigenvalue weighted by Gasteiger charge is 2.64. The van der Waals surface area contributed by atoms with Gasteiger partial charge < -0.3 is 23.4 Å². The number of hydrogen-bond acceptors (Lipinski definition) is 7. The van der Waals surface area contributed by atoms with Crippen LogP contribution in [0.15, 0.2) is 30.3 Å². The summed E-state index contributed by atoms with van der Waals surface area (Å²) in [4.78, 5) is 27.9. The molecule has 1 aromatic rings. The number of amides is 1. The van der Waals surface area contributed by atoms with Gasteiger partial charge in [0, 0.05) is 17.4 Å². The summed E-state index contributed by atoms with van der Waals surface area (Å²) in [5.74, 6) is -6.08. The summed E-state index contributed by atoms with van der Waals surface area (Å²) in [7, 11) is -2.21. The van der Waals surface area contributed by atoms with Gasteiger partial charge in [-0.3, -0.25) is 9.69 Å². The number of alkyl halides is 2. The Kier molecular flexibility index (Phi) is 8.32. The van der Waals surface area contributed by atoms with Crippen LogP contribution in [0.2, 0.25) is 18.1 Å². The molecule has 0 aromatic heterocycles. The van der Waals surface area contributed by atoms with E-state index in [0.717, 1.165) is 4.90 Å². The lowest BCUT2D eigenvalue weighted by atomic mass is 9.91. The molecule has 0 bridgehead atoms. The maximum Gasteiger partial charge on any atom is 0.331 e. The highest BCUT2D eigenvalue weighted by atomic mass is 28.4. The van der Waals surface area contributed by atoms with Crippen molar-refractivity contribution in [1.82, 2.24) is 4.90 Å². The molecule has 3 fully saturated rings. The number of benzene rings is 1. The van der Waals surface area contributed by atoms with Crippen LogP contribution in [0, 0.1) is 5.41 Å². The molecule has 4 rings (SSSR count). The molecular formula is C30H45F2NO7Si. The third-order valence-corrected chi connectivity index (χ3v) is 13.0. The van der Waals surface area contributed by atoms with E-state index in [9.17, 15) is 9.59 Å². The van der Waals surface area contributed by atoms with Crippen molar-refractivity contribution in [3.63, 3.8) is 0 Å². The molecule has 0 unspecified atom stereocenters. The van der Waals surface area contributed by atoms with Gasteiger partial charge in [0.1, 0.15) is 24.4 Å². The van der Waals surface area contributed by atoms with Crippen LogP contribution >= 0.6 is 0 Å². The topological polar surface area (TPSA) is 83.5 Å². The van der Waals surface area contributed by atoms with Crippen molar-refractivity contribution in [1.29, 1.82) is 0 Å². The average Bonchev–Trinajstić information content (AvgIpc) is 3.45. The molecule has 11 heteroatoms. The molecule has 1 amide bonds. The van der Waals surface area contributed by atoms with Crippen LogP contribution in [-0.4, -0.2) is 80.1 Å². The summed E-state index contributed by atoms with van der Waals surface area (Å²) < 4.78 is 62.4. The number of cyclic esters (lactones) is 1. The predicted octanol–water partition coefficient (Wildman–Crippen LogP) is 5.76. The zero-order valence-electron chi connectivity index (χ0n) is 25.8. The van der Waals surface area contributed by atoms with Crippen LogP contribution in [0.3, 0.4) is 0 Å². The highest BCUT2D eigenvalue weighted by molar-refractivity contribution is 6.74. The number of fused-ring (bicyclic) bond motifs is 1. The largest absolute Gasteiger partial charge is 0.439 e. The predicted molar refractivity (Wildman–Crippen MR) is 151 cm³/mol. The van der Waals surface area contributed by atoms with Crippen LogP contribution in [0.4, 0.5) is 8.78 Å². The number of ether oxygens (including phenoxy) is 4. The first-order valence-corrected chi connectivity index (χ1v) is 17.2. The minimum Gasteiger partial charge on any atom is -0.439 e. The third kappa shape index (κ3) is 6.39. The van der Waals surface area contributed by atoms with E-state index in [2.05, 4.69) is 33.9 Å². The molecule has 3 aliphatic rings. The van der Waals surface area contributed by atoms with Crippen molar-refractivity contribution in [3.8, 4) is 0 Å². The number of halogens is 2. The Labute approximate surface area is 243 Å². The van der Waals surface area contributed by atoms with Crippen molar-refractivity contribution in [2.75, 3.05) is 6.61 Å². The van der Waals surface area contributed by atoms with Crippen molar-refractivity contribution in [3.05, 3.63) is 35.9 Å². The molecule has 8 nitrogen and oxygen atoms in total. The van der Waals surface area contributed by atoms with Crippen LogP contribution in [0.1, 0.15) is 72.2 Å². The summed E-state index contributed by atoms with van der Waals surface area (Å²) in [5, 5.41) is -0.0815. The molecular weight excluding hydrogens is 552 g/mol. The number of nitrogens with zero attached hydrogens (tertiary/aromatic N) is 1. The van der Waals surface area contributed by atoms with E-state index in [0.29, 0.717) is 0 Å². The first-order chi connectivity index (χ1) is 18.6. The maximum absolute atomic E-state index is 16.3. The second kappa shape index (κ2) is 10.7. The van der Waals surface area contributed by atoms with Gasteiger partial charge in [0.2, 0.25) is 0 Å². The zero-order valence-corrected chi connectivity index (χ0v) is 26.8. The lowest BCUT2D eigenvalue weighted by Gasteiger charge is -2.37. The summed E-state index contributed by atoms with van der Waals surface area (Å²) in [6.07, 6.45) is -6.35. The summed E-state index contributed by atoms with van der Waals surface area (Å²) >= 11 is 0. The standard InChI is InChI=1S/C30H45F2NO7Si/c1-27(2,3)26-33(24(34)18-14-12-11-13-15-18)19(25(35)38-26)16-30(31,32)23-22-21(39-29(7,8)40-22)20(37-23)17-36-41(9,10)28(4,5)6/h11-15,19-23,26H,16-17H2,1-10H3/t19-,20+,21+,22+,23-,26+/m0/s1. The van der Waals surface area contributed by atoms with Gasteiger partial charge in [0.15, 0.2) is 26.4 Å². The molecule has 3 aliphatic heterocycles. The second-order valence-electron chi connectivity index (χ2n) is 14.4. The van der Waals surface area contributed by atoms with Crippen molar-refractivity contribution < 1.29 is 41.7 Å². The van der Waals surface area contributed by atoms with E-state index in [1.165, 1.54) is 0 Å². The van der Waals surface area contributed by atoms with Crippen molar-refractivity contribution in [2.45, 2.75) is 128 Å².